The molecule has 10 rings (SSSR count). The Kier molecular flexibility index (Phi) is 7.35. The van der Waals surface area contributed by atoms with Crippen molar-refractivity contribution >= 4 is 17.1 Å². The third kappa shape index (κ3) is 4.71. The lowest BCUT2D eigenvalue weighted by Gasteiger charge is -2.32. The minimum atomic E-state index is -0.316. The van der Waals surface area contributed by atoms with Crippen molar-refractivity contribution in [2.24, 2.45) is 0 Å². The van der Waals surface area contributed by atoms with E-state index in [1.807, 2.05) is 0 Å². The molecule has 258 valence electrons. The molecule has 8 aromatic carbocycles. The fourth-order valence-electron chi connectivity index (χ4n) is 9.54. The number of benzene rings is 8. The highest BCUT2D eigenvalue weighted by Gasteiger charge is 2.43. The predicted octanol–water partition coefficient (Wildman–Crippen LogP) is 14.1. The molecule has 2 aliphatic rings. The van der Waals surface area contributed by atoms with Crippen LogP contribution in [0.3, 0.4) is 0 Å². The summed E-state index contributed by atoms with van der Waals surface area (Å²) >= 11 is 0. The monoisotopic (exact) mass is 691 g/mol. The average molecular weight is 692 g/mol. The lowest BCUT2D eigenvalue weighted by molar-refractivity contribution is 0.660. The standard InChI is InChI=1S/C53H41N/c1-52(2)44-28-15-13-25-41(44)43-35-39(33-34-45(43)52)54(48-31-17-27-40(36-19-7-4-8-20-36)50(48)37-21-9-5-10-22-37)49-32-18-30-47-51(49)42-26-14-16-29-46(42)53(47,3)38-23-11-6-12-24-38/h4-35H,1-3H3. The second-order valence-electron chi connectivity index (χ2n) is 15.4. The van der Waals surface area contributed by atoms with Gasteiger partial charge in [-0.25, -0.2) is 0 Å². The van der Waals surface area contributed by atoms with Gasteiger partial charge in [-0.15, -0.1) is 0 Å². The lowest BCUT2D eigenvalue weighted by Crippen LogP contribution is -2.22. The normalized spacial score (nSPS) is 15.9. The Bertz CT molecular complexity index is 2690. The molecule has 0 fully saturated rings. The third-order valence-electron chi connectivity index (χ3n) is 12.2. The maximum atomic E-state index is 2.55. The van der Waals surface area contributed by atoms with Gasteiger partial charge in [-0.2, -0.15) is 0 Å². The number of hydrogen-bond acceptors (Lipinski definition) is 1. The van der Waals surface area contributed by atoms with Gasteiger partial charge >= 0.3 is 0 Å². The SMILES string of the molecule is CC1(C)c2ccccc2-c2cc(N(c3cccc(-c4ccccc4)c3-c3ccccc3)c3cccc4c3-c3ccccc3C4(C)c3ccccc3)ccc21. The second kappa shape index (κ2) is 12.3. The van der Waals surface area contributed by atoms with E-state index in [0.717, 1.165) is 11.4 Å². The molecule has 2 aliphatic carbocycles. The quantitative estimate of drug-likeness (QED) is 0.168. The Morgan fingerprint density at radius 2 is 0.870 bits per heavy atom. The Morgan fingerprint density at radius 1 is 0.352 bits per heavy atom. The Balaban J connectivity index is 1.31. The summed E-state index contributed by atoms with van der Waals surface area (Å²) in [4.78, 5) is 2.55. The van der Waals surface area contributed by atoms with Crippen LogP contribution in [-0.2, 0) is 10.8 Å². The van der Waals surface area contributed by atoms with E-state index in [2.05, 4.69) is 220 Å². The number of fused-ring (bicyclic) bond motifs is 6. The van der Waals surface area contributed by atoms with E-state index in [1.165, 1.54) is 78.0 Å². The summed E-state index contributed by atoms with van der Waals surface area (Å²) in [6, 6.07) is 71.7. The first kappa shape index (κ1) is 32.2. The van der Waals surface area contributed by atoms with Gasteiger partial charge in [-0.05, 0) is 92.4 Å². The summed E-state index contributed by atoms with van der Waals surface area (Å²) in [5, 5.41) is 0. The summed E-state index contributed by atoms with van der Waals surface area (Å²) in [5.74, 6) is 0. The van der Waals surface area contributed by atoms with E-state index in [-0.39, 0.29) is 10.8 Å². The molecular formula is C53H41N. The topological polar surface area (TPSA) is 3.24 Å². The highest BCUT2D eigenvalue weighted by Crippen LogP contribution is 2.58. The molecule has 0 aromatic heterocycles. The predicted molar refractivity (Wildman–Crippen MR) is 227 cm³/mol. The Hall–Kier alpha value is -6.44. The van der Waals surface area contributed by atoms with Crippen LogP contribution in [0.2, 0.25) is 0 Å². The van der Waals surface area contributed by atoms with Gasteiger partial charge < -0.3 is 4.90 Å². The van der Waals surface area contributed by atoms with Crippen molar-refractivity contribution in [2.75, 3.05) is 4.90 Å². The molecule has 1 unspecified atom stereocenters. The summed E-state index contributed by atoms with van der Waals surface area (Å²) in [6.07, 6.45) is 0. The highest BCUT2D eigenvalue weighted by atomic mass is 15.1. The zero-order valence-electron chi connectivity index (χ0n) is 30.9. The van der Waals surface area contributed by atoms with Crippen LogP contribution in [0, 0.1) is 0 Å². The molecule has 0 radical (unpaired) electrons. The maximum Gasteiger partial charge on any atom is 0.0546 e. The first-order valence-corrected chi connectivity index (χ1v) is 19.0. The second-order valence-corrected chi connectivity index (χ2v) is 15.4. The van der Waals surface area contributed by atoms with Crippen LogP contribution in [-0.4, -0.2) is 0 Å². The summed E-state index contributed by atoms with van der Waals surface area (Å²) in [5.41, 5.74) is 19.8. The van der Waals surface area contributed by atoms with Gasteiger partial charge in [0.05, 0.1) is 11.4 Å². The van der Waals surface area contributed by atoms with Crippen molar-refractivity contribution < 1.29 is 0 Å². The highest BCUT2D eigenvalue weighted by molar-refractivity contribution is 6.02. The van der Waals surface area contributed by atoms with Crippen LogP contribution >= 0.6 is 0 Å². The molecule has 1 nitrogen and oxygen atoms in total. The van der Waals surface area contributed by atoms with Crippen LogP contribution in [0.5, 0.6) is 0 Å². The molecule has 0 N–H and O–H groups in total. The van der Waals surface area contributed by atoms with E-state index in [1.54, 1.807) is 0 Å². The Labute approximate surface area is 318 Å². The molecular weight excluding hydrogens is 651 g/mol. The van der Waals surface area contributed by atoms with E-state index in [4.69, 9.17) is 0 Å². The summed E-state index contributed by atoms with van der Waals surface area (Å²) < 4.78 is 0. The van der Waals surface area contributed by atoms with Crippen LogP contribution in [0.4, 0.5) is 17.1 Å². The van der Waals surface area contributed by atoms with Gasteiger partial charge in [0.1, 0.15) is 0 Å². The Morgan fingerprint density at radius 3 is 1.59 bits per heavy atom. The number of hydrogen-bond donors (Lipinski definition) is 0. The van der Waals surface area contributed by atoms with Crippen molar-refractivity contribution in [2.45, 2.75) is 31.6 Å². The van der Waals surface area contributed by atoms with Gasteiger partial charge in [0, 0.05) is 27.6 Å². The summed E-state index contributed by atoms with van der Waals surface area (Å²) in [7, 11) is 0. The van der Waals surface area contributed by atoms with Crippen LogP contribution in [0.1, 0.15) is 48.6 Å². The van der Waals surface area contributed by atoms with Crippen LogP contribution in [0.25, 0.3) is 44.5 Å². The molecule has 0 heterocycles. The van der Waals surface area contributed by atoms with Crippen molar-refractivity contribution in [3.05, 3.63) is 222 Å². The van der Waals surface area contributed by atoms with Gasteiger partial charge in [-0.1, -0.05) is 184 Å². The van der Waals surface area contributed by atoms with Crippen molar-refractivity contribution in [3.8, 4) is 44.5 Å². The lowest BCUT2D eigenvalue weighted by atomic mass is 9.74. The minimum absolute atomic E-state index is 0.0812. The number of anilines is 3. The fourth-order valence-corrected chi connectivity index (χ4v) is 9.54. The smallest absolute Gasteiger partial charge is 0.0546 e. The van der Waals surface area contributed by atoms with Crippen LogP contribution in [0.15, 0.2) is 194 Å². The van der Waals surface area contributed by atoms with Crippen molar-refractivity contribution in [1.82, 2.24) is 0 Å². The van der Waals surface area contributed by atoms with E-state index < -0.39 is 0 Å². The largest absolute Gasteiger partial charge is 0.309 e. The average Bonchev–Trinajstić information content (AvgIpc) is 3.63. The van der Waals surface area contributed by atoms with E-state index in [0.29, 0.717) is 0 Å². The first-order chi connectivity index (χ1) is 26.5. The number of nitrogens with zero attached hydrogens (tertiary/aromatic N) is 1. The van der Waals surface area contributed by atoms with Gasteiger partial charge in [-0.3, -0.25) is 0 Å². The van der Waals surface area contributed by atoms with Gasteiger partial charge in [0.2, 0.25) is 0 Å². The summed E-state index contributed by atoms with van der Waals surface area (Å²) in [6.45, 7) is 7.12. The molecule has 0 amide bonds. The van der Waals surface area contributed by atoms with E-state index >= 15 is 0 Å². The molecule has 54 heavy (non-hydrogen) atoms. The molecule has 8 aromatic rings. The first-order valence-electron chi connectivity index (χ1n) is 19.0. The maximum absolute atomic E-state index is 2.55. The van der Waals surface area contributed by atoms with Gasteiger partial charge in [0.15, 0.2) is 0 Å². The zero-order chi connectivity index (χ0) is 36.4. The van der Waals surface area contributed by atoms with Crippen molar-refractivity contribution in [1.29, 1.82) is 0 Å². The van der Waals surface area contributed by atoms with Gasteiger partial charge in [0.25, 0.3) is 0 Å². The molecule has 0 saturated heterocycles. The van der Waals surface area contributed by atoms with E-state index in [9.17, 15) is 0 Å². The molecule has 0 aliphatic heterocycles. The molecule has 0 bridgehead atoms. The molecule has 0 saturated carbocycles. The molecule has 0 spiro atoms. The molecule has 1 atom stereocenters. The van der Waals surface area contributed by atoms with Crippen LogP contribution < -0.4 is 4.90 Å². The molecule has 1 heteroatoms. The fraction of sp³-hybridized carbons (Fsp3) is 0.0943. The third-order valence-corrected chi connectivity index (χ3v) is 12.2. The zero-order valence-corrected chi connectivity index (χ0v) is 30.9. The van der Waals surface area contributed by atoms with Crippen molar-refractivity contribution in [3.63, 3.8) is 0 Å². The number of rotatable bonds is 6. The minimum Gasteiger partial charge on any atom is -0.309 e.